The van der Waals surface area contributed by atoms with Gasteiger partial charge in [-0.3, -0.25) is 0 Å². The van der Waals surface area contributed by atoms with Crippen molar-refractivity contribution in [1.29, 1.82) is 0 Å². The number of carbonyl (C=O) groups is 1. The molecule has 1 atom stereocenters. The van der Waals surface area contributed by atoms with E-state index in [-0.39, 0.29) is 11.7 Å². The molecule has 1 fully saturated rings. The lowest BCUT2D eigenvalue weighted by atomic mass is 10.1. The molecule has 5 heteroatoms. The van der Waals surface area contributed by atoms with E-state index >= 15 is 0 Å². The van der Waals surface area contributed by atoms with E-state index in [0.29, 0.717) is 0 Å². The van der Waals surface area contributed by atoms with Crippen LogP contribution in [-0.4, -0.2) is 33.3 Å². The number of imidazole rings is 1. The first-order valence-electron chi connectivity index (χ1n) is 5.54. The van der Waals surface area contributed by atoms with Crippen LogP contribution in [0.2, 0.25) is 0 Å². The average molecular weight is 232 g/mol. The minimum atomic E-state index is -0.917. The SMILES string of the molecule is O=C(O)c1ccc2ncn(C[C@@H]3CCO3)c2c1. The number of rotatable bonds is 3. The number of fused-ring (bicyclic) bond motifs is 1. The number of aromatic nitrogens is 2. The molecule has 0 saturated carbocycles. The molecule has 0 aliphatic carbocycles. The van der Waals surface area contributed by atoms with Crippen molar-refractivity contribution in [2.45, 2.75) is 19.1 Å². The second-order valence-corrected chi connectivity index (χ2v) is 4.19. The zero-order valence-corrected chi connectivity index (χ0v) is 9.17. The van der Waals surface area contributed by atoms with Crippen molar-refractivity contribution in [2.75, 3.05) is 6.61 Å². The number of nitrogens with zero attached hydrogens (tertiary/aromatic N) is 2. The molecule has 1 aromatic heterocycles. The fourth-order valence-corrected chi connectivity index (χ4v) is 1.98. The molecular formula is C12H12N2O3. The first-order chi connectivity index (χ1) is 8.24. The quantitative estimate of drug-likeness (QED) is 0.871. The van der Waals surface area contributed by atoms with E-state index in [1.165, 1.54) is 0 Å². The van der Waals surface area contributed by atoms with E-state index in [4.69, 9.17) is 9.84 Å². The Hall–Kier alpha value is -1.88. The van der Waals surface area contributed by atoms with Crippen molar-refractivity contribution >= 4 is 17.0 Å². The van der Waals surface area contributed by atoms with E-state index in [9.17, 15) is 4.79 Å². The number of ether oxygens (including phenoxy) is 1. The van der Waals surface area contributed by atoms with E-state index in [2.05, 4.69) is 4.98 Å². The van der Waals surface area contributed by atoms with Gasteiger partial charge in [0.15, 0.2) is 0 Å². The summed E-state index contributed by atoms with van der Waals surface area (Å²) >= 11 is 0. The summed E-state index contributed by atoms with van der Waals surface area (Å²) in [5.41, 5.74) is 1.95. The molecule has 1 aromatic carbocycles. The predicted molar refractivity (Wildman–Crippen MR) is 61.0 cm³/mol. The molecule has 0 spiro atoms. The van der Waals surface area contributed by atoms with Gasteiger partial charge in [-0.15, -0.1) is 0 Å². The van der Waals surface area contributed by atoms with Crippen molar-refractivity contribution < 1.29 is 14.6 Å². The van der Waals surface area contributed by atoms with Gasteiger partial charge in [-0.25, -0.2) is 9.78 Å². The lowest BCUT2D eigenvalue weighted by molar-refractivity contribution is -0.0586. The molecule has 2 heterocycles. The average Bonchev–Trinajstić information content (AvgIpc) is 2.65. The van der Waals surface area contributed by atoms with E-state index < -0.39 is 5.97 Å². The minimum absolute atomic E-state index is 0.237. The first kappa shape index (κ1) is 10.3. The molecule has 1 N–H and O–H groups in total. The van der Waals surface area contributed by atoms with Gasteiger partial charge >= 0.3 is 5.97 Å². The Kier molecular flexibility index (Phi) is 2.33. The first-order valence-corrected chi connectivity index (χ1v) is 5.54. The van der Waals surface area contributed by atoms with Crippen LogP contribution in [0.3, 0.4) is 0 Å². The van der Waals surface area contributed by atoms with Crippen LogP contribution in [0, 0.1) is 0 Å². The maximum atomic E-state index is 10.9. The number of hydrogen-bond acceptors (Lipinski definition) is 3. The molecule has 17 heavy (non-hydrogen) atoms. The highest BCUT2D eigenvalue weighted by Crippen LogP contribution is 2.19. The van der Waals surface area contributed by atoms with Gasteiger partial charge in [-0.05, 0) is 24.6 Å². The second kappa shape index (κ2) is 3.85. The summed E-state index contributed by atoms with van der Waals surface area (Å²) in [4.78, 5) is 15.2. The van der Waals surface area contributed by atoms with Crippen molar-refractivity contribution in [1.82, 2.24) is 9.55 Å². The van der Waals surface area contributed by atoms with Crippen LogP contribution >= 0.6 is 0 Å². The summed E-state index contributed by atoms with van der Waals surface area (Å²) in [6.45, 7) is 1.55. The van der Waals surface area contributed by atoms with Gasteiger partial charge in [0.1, 0.15) is 0 Å². The Morgan fingerprint density at radius 3 is 3.06 bits per heavy atom. The van der Waals surface area contributed by atoms with Crippen LogP contribution < -0.4 is 0 Å². The smallest absolute Gasteiger partial charge is 0.335 e. The topological polar surface area (TPSA) is 64.3 Å². The van der Waals surface area contributed by atoms with E-state index in [1.54, 1.807) is 24.5 Å². The van der Waals surface area contributed by atoms with Crippen LogP contribution in [0.15, 0.2) is 24.5 Å². The third-order valence-electron chi connectivity index (χ3n) is 3.06. The van der Waals surface area contributed by atoms with Crippen molar-refractivity contribution in [2.24, 2.45) is 0 Å². The molecular weight excluding hydrogens is 220 g/mol. The number of benzene rings is 1. The highest BCUT2D eigenvalue weighted by molar-refractivity contribution is 5.92. The number of carboxylic acid groups (broad SMARTS) is 1. The van der Waals surface area contributed by atoms with Crippen molar-refractivity contribution in [3.8, 4) is 0 Å². The van der Waals surface area contributed by atoms with Gasteiger partial charge in [0.05, 0.1) is 35.6 Å². The van der Waals surface area contributed by atoms with Gasteiger partial charge in [0.2, 0.25) is 0 Å². The highest BCUT2D eigenvalue weighted by Gasteiger charge is 2.19. The summed E-state index contributed by atoms with van der Waals surface area (Å²) < 4.78 is 7.32. The third kappa shape index (κ3) is 1.78. The van der Waals surface area contributed by atoms with Crippen LogP contribution in [-0.2, 0) is 11.3 Å². The Morgan fingerprint density at radius 2 is 2.41 bits per heavy atom. The fourth-order valence-electron chi connectivity index (χ4n) is 1.98. The Morgan fingerprint density at radius 1 is 1.59 bits per heavy atom. The summed E-state index contributed by atoms with van der Waals surface area (Å²) in [5.74, 6) is -0.917. The molecule has 5 nitrogen and oxygen atoms in total. The van der Waals surface area contributed by atoms with Crippen LogP contribution in [0.1, 0.15) is 16.8 Å². The molecule has 0 amide bonds. The van der Waals surface area contributed by atoms with Gasteiger partial charge in [-0.1, -0.05) is 0 Å². The van der Waals surface area contributed by atoms with Crippen molar-refractivity contribution in [3.05, 3.63) is 30.1 Å². The molecule has 0 radical (unpaired) electrons. The van der Waals surface area contributed by atoms with E-state index in [1.807, 2.05) is 4.57 Å². The molecule has 0 unspecified atom stereocenters. The summed E-state index contributed by atoms with van der Waals surface area (Å²) in [7, 11) is 0. The van der Waals surface area contributed by atoms with Crippen LogP contribution in [0.5, 0.6) is 0 Å². The lowest BCUT2D eigenvalue weighted by Crippen LogP contribution is -2.30. The lowest BCUT2D eigenvalue weighted by Gasteiger charge is -2.26. The normalized spacial score (nSPS) is 19.2. The van der Waals surface area contributed by atoms with Crippen LogP contribution in [0.4, 0.5) is 0 Å². The third-order valence-corrected chi connectivity index (χ3v) is 3.06. The van der Waals surface area contributed by atoms with Gasteiger partial charge in [0, 0.05) is 6.61 Å². The second-order valence-electron chi connectivity index (χ2n) is 4.19. The largest absolute Gasteiger partial charge is 0.478 e. The van der Waals surface area contributed by atoms with Crippen LogP contribution in [0.25, 0.3) is 11.0 Å². The van der Waals surface area contributed by atoms with E-state index in [0.717, 1.165) is 30.6 Å². The molecule has 88 valence electrons. The van der Waals surface area contributed by atoms with Gasteiger partial charge in [-0.2, -0.15) is 0 Å². The molecule has 0 bridgehead atoms. The van der Waals surface area contributed by atoms with Gasteiger partial charge in [0.25, 0.3) is 0 Å². The zero-order valence-electron chi connectivity index (χ0n) is 9.17. The minimum Gasteiger partial charge on any atom is -0.478 e. The predicted octanol–water partition coefficient (Wildman–Crippen LogP) is 1.52. The number of aromatic carboxylic acids is 1. The standard InChI is InChI=1S/C12H12N2O3/c15-12(16)8-1-2-10-11(5-8)14(7-13-10)6-9-3-4-17-9/h1-2,5,7,9H,3-4,6H2,(H,15,16)/t9-/m0/s1. The molecule has 1 saturated heterocycles. The zero-order chi connectivity index (χ0) is 11.8. The molecule has 1 aliphatic rings. The highest BCUT2D eigenvalue weighted by atomic mass is 16.5. The Bertz CT molecular complexity index is 572. The Labute approximate surface area is 97.6 Å². The number of carboxylic acids is 1. The molecule has 3 rings (SSSR count). The molecule has 2 aromatic rings. The Balaban J connectivity index is 1.99. The molecule has 1 aliphatic heterocycles. The summed E-state index contributed by atoms with van der Waals surface area (Å²) in [5, 5.41) is 8.96. The number of hydrogen-bond donors (Lipinski definition) is 1. The summed E-state index contributed by atoms with van der Waals surface area (Å²) in [6, 6.07) is 4.96. The fraction of sp³-hybridized carbons (Fsp3) is 0.333. The maximum absolute atomic E-state index is 10.9. The van der Waals surface area contributed by atoms with Crippen molar-refractivity contribution in [3.63, 3.8) is 0 Å². The monoisotopic (exact) mass is 232 g/mol. The summed E-state index contributed by atoms with van der Waals surface area (Å²) in [6.07, 6.45) is 3.02. The van der Waals surface area contributed by atoms with Gasteiger partial charge < -0.3 is 14.4 Å². The maximum Gasteiger partial charge on any atom is 0.335 e.